The van der Waals surface area contributed by atoms with Gasteiger partial charge in [0.05, 0.1) is 0 Å². The van der Waals surface area contributed by atoms with E-state index >= 15 is 0 Å². The molecule has 0 aromatic heterocycles. The Morgan fingerprint density at radius 2 is 1.24 bits per heavy atom. The van der Waals surface area contributed by atoms with Crippen molar-refractivity contribution in [3.05, 3.63) is 57.5 Å². The molecule has 0 bridgehead atoms. The van der Waals surface area contributed by atoms with E-state index in [2.05, 4.69) is 31.9 Å². The van der Waals surface area contributed by atoms with E-state index < -0.39 is 5.91 Å². The second-order valence-electron chi connectivity index (χ2n) is 4.33. The highest BCUT2D eigenvalue weighted by Crippen LogP contribution is 2.28. The van der Waals surface area contributed by atoms with Gasteiger partial charge in [-0.3, -0.25) is 14.5 Å². The van der Waals surface area contributed by atoms with E-state index in [4.69, 9.17) is 5.73 Å². The highest BCUT2D eigenvalue weighted by atomic mass is 79.9. The number of amides is 2. The maximum Gasteiger partial charge on any atom is 0.240 e. The van der Waals surface area contributed by atoms with Crippen molar-refractivity contribution >= 4 is 55.0 Å². The van der Waals surface area contributed by atoms with Crippen LogP contribution in [-0.2, 0) is 9.59 Å². The largest absolute Gasteiger partial charge is 0.369 e. The van der Waals surface area contributed by atoms with Crippen molar-refractivity contribution in [2.45, 2.75) is 6.42 Å². The average molecular weight is 412 g/mol. The topological polar surface area (TPSA) is 63.4 Å². The predicted octanol–water partition coefficient (Wildman–Crippen LogP) is 3.75. The zero-order valence-corrected chi connectivity index (χ0v) is 14.1. The van der Waals surface area contributed by atoms with Gasteiger partial charge in [-0.2, -0.15) is 0 Å². The summed E-state index contributed by atoms with van der Waals surface area (Å²) in [5.74, 6) is -1.02. The Bertz CT molecular complexity index is 609. The maximum atomic E-state index is 12.3. The smallest absolute Gasteiger partial charge is 0.240 e. The van der Waals surface area contributed by atoms with E-state index in [1.165, 1.54) is 4.90 Å². The number of hydrogen-bond acceptors (Lipinski definition) is 2. The third-order valence-electron chi connectivity index (χ3n) is 2.74. The predicted molar refractivity (Wildman–Crippen MR) is 89.2 cm³/mol. The lowest BCUT2D eigenvalue weighted by Gasteiger charge is -2.22. The van der Waals surface area contributed by atoms with Crippen molar-refractivity contribution in [2.24, 2.45) is 5.73 Å². The number of nitrogens with zero attached hydrogens (tertiary/aromatic N) is 1. The van der Waals surface area contributed by atoms with Gasteiger partial charge in [0.15, 0.2) is 0 Å². The Labute approximate surface area is 139 Å². The van der Waals surface area contributed by atoms with Crippen molar-refractivity contribution in [2.75, 3.05) is 4.90 Å². The number of benzene rings is 2. The molecule has 0 radical (unpaired) electrons. The molecule has 0 atom stereocenters. The molecule has 108 valence electrons. The van der Waals surface area contributed by atoms with Gasteiger partial charge in [-0.15, -0.1) is 0 Å². The van der Waals surface area contributed by atoms with Crippen molar-refractivity contribution in [3.8, 4) is 0 Å². The number of primary amides is 1. The number of anilines is 2. The summed E-state index contributed by atoms with van der Waals surface area (Å²) in [5, 5.41) is 0. The molecule has 2 amide bonds. The second-order valence-corrected chi connectivity index (χ2v) is 6.16. The molecular weight excluding hydrogens is 400 g/mol. The van der Waals surface area contributed by atoms with Crippen LogP contribution >= 0.6 is 31.9 Å². The summed E-state index contributed by atoms with van der Waals surface area (Å²) in [6.45, 7) is 0. The van der Waals surface area contributed by atoms with Crippen LogP contribution in [0, 0.1) is 0 Å². The van der Waals surface area contributed by atoms with E-state index in [0.717, 1.165) is 8.95 Å². The Morgan fingerprint density at radius 1 is 0.857 bits per heavy atom. The lowest BCUT2D eigenvalue weighted by atomic mass is 10.2. The fourth-order valence-electron chi connectivity index (χ4n) is 1.85. The summed E-state index contributed by atoms with van der Waals surface area (Å²) >= 11 is 6.71. The van der Waals surface area contributed by atoms with E-state index in [1.807, 2.05) is 24.3 Å². The summed E-state index contributed by atoms with van der Waals surface area (Å²) in [6, 6.07) is 14.5. The summed E-state index contributed by atoms with van der Waals surface area (Å²) in [5.41, 5.74) is 6.48. The molecule has 2 aromatic rings. The van der Waals surface area contributed by atoms with Gasteiger partial charge in [-0.05, 0) is 48.5 Å². The number of nitrogens with two attached hydrogens (primary N) is 1. The lowest BCUT2D eigenvalue weighted by molar-refractivity contribution is -0.125. The van der Waals surface area contributed by atoms with Crippen LogP contribution in [0.15, 0.2) is 57.5 Å². The second kappa shape index (κ2) is 6.87. The number of carbonyl (C=O) groups is 2. The first-order valence-corrected chi connectivity index (χ1v) is 7.68. The zero-order chi connectivity index (χ0) is 15.4. The first-order chi connectivity index (χ1) is 9.97. The molecule has 0 aliphatic carbocycles. The lowest BCUT2D eigenvalue weighted by Crippen LogP contribution is -2.30. The number of rotatable bonds is 4. The SMILES string of the molecule is NC(=O)CC(=O)N(c1ccc(Br)cc1)c1ccc(Br)cc1. The van der Waals surface area contributed by atoms with Gasteiger partial charge in [0.2, 0.25) is 11.8 Å². The molecule has 2 N–H and O–H groups in total. The van der Waals surface area contributed by atoms with Crippen LogP contribution in [-0.4, -0.2) is 11.8 Å². The van der Waals surface area contributed by atoms with E-state index in [0.29, 0.717) is 11.4 Å². The monoisotopic (exact) mass is 410 g/mol. The first kappa shape index (κ1) is 15.7. The van der Waals surface area contributed by atoms with E-state index in [9.17, 15) is 9.59 Å². The van der Waals surface area contributed by atoms with Gasteiger partial charge < -0.3 is 5.73 Å². The van der Waals surface area contributed by atoms with Crippen LogP contribution in [0.3, 0.4) is 0 Å². The van der Waals surface area contributed by atoms with Crippen LogP contribution in [0.2, 0.25) is 0 Å². The normalized spacial score (nSPS) is 10.2. The van der Waals surface area contributed by atoms with Crippen LogP contribution in [0.25, 0.3) is 0 Å². The number of carbonyl (C=O) groups excluding carboxylic acids is 2. The Morgan fingerprint density at radius 3 is 1.57 bits per heavy atom. The van der Waals surface area contributed by atoms with Gasteiger partial charge in [0, 0.05) is 20.3 Å². The van der Waals surface area contributed by atoms with Crippen molar-refractivity contribution < 1.29 is 9.59 Å². The fourth-order valence-corrected chi connectivity index (χ4v) is 2.37. The Hall–Kier alpha value is -1.66. The fraction of sp³-hybridized carbons (Fsp3) is 0.0667. The number of halogens is 2. The molecule has 21 heavy (non-hydrogen) atoms. The minimum absolute atomic E-state index is 0.341. The molecule has 0 fully saturated rings. The molecular formula is C15H12Br2N2O2. The highest BCUT2D eigenvalue weighted by molar-refractivity contribution is 9.10. The van der Waals surface area contributed by atoms with Crippen molar-refractivity contribution in [1.29, 1.82) is 0 Å². The summed E-state index contributed by atoms with van der Waals surface area (Å²) in [7, 11) is 0. The molecule has 0 aliphatic rings. The quantitative estimate of drug-likeness (QED) is 0.778. The number of hydrogen-bond donors (Lipinski definition) is 1. The molecule has 6 heteroatoms. The molecule has 0 heterocycles. The third-order valence-corrected chi connectivity index (χ3v) is 3.80. The minimum Gasteiger partial charge on any atom is -0.369 e. The Balaban J connectivity index is 2.43. The highest BCUT2D eigenvalue weighted by Gasteiger charge is 2.19. The minimum atomic E-state index is -0.653. The van der Waals surface area contributed by atoms with Crippen LogP contribution < -0.4 is 10.6 Å². The first-order valence-electron chi connectivity index (χ1n) is 6.10. The molecule has 2 aromatic carbocycles. The Kier molecular flexibility index (Phi) is 5.14. The molecule has 0 saturated heterocycles. The molecule has 0 unspecified atom stereocenters. The van der Waals surface area contributed by atoms with Gasteiger partial charge in [0.25, 0.3) is 0 Å². The van der Waals surface area contributed by atoms with Crippen LogP contribution in [0.4, 0.5) is 11.4 Å². The van der Waals surface area contributed by atoms with Crippen molar-refractivity contribution in [1.82, 2.24) is 0 Å². The van der Waals surface area contributed by atoms with Crippen LogP contribution in [0.1, 0.15) is 6.42 Å². The van der Waals surface area contributed by atoms with E-state index in [1.54, 1.807) is 24.3 Å². The van der Waals surface area contributed by atoms with Crippen molar-refractivity contribution in [3.63, 3.8) is 0 Å². The summed E-state index contributed by atoms with van der Waals surface area (Å²) in [4.78, 5) is 24.8. The zero-order valence-electron chi connectivity index (χ0n) is 10.9. The van der Waals surface area contributed by atoms with Crippen LogP contribution in [0.5, 0.6) is 0 Å². The van der Waals surface area contributed by atoms with Gasteiger partial charge >= 0.3 is 0 Å². The maximum absolute atomic E-state index is 12.3. The van der Waals surface area contributed by atoms with Gasteiger partial charge in [-0.25, -0.2) is 0 Å². The third kappa shape index (κ3) is 4.15. The summed E-state index contributed by atoms with van der Waals surface area (Å²) in [6.07, 6.45) is -0.341. The van der Waals surface area contributed by atoms with Gasteiger partial charge in [-0.1, -0.05) is 31.9 Å². The standard InChI is InChI=1S/C15H12Br2N2O2/c16-10-1-5-12(6-2-10)19(15(21)9-14(18)20)13-7-3-11(17)4-8-13/h1-8H,9H2,(H2,18,20). The molecule has 4 nitrogen and oxygen atoms in total. The molecule has 0 aliphatic heterocycles. The van der Waals surface area contributed by atoms with E-state index in [-0.39, 0.29) is 12.3 Å². The molecule has 2 rings (SSSR count). The molecule has 0 saturated carbocycles. The molecule has 0 spiro atoms. The average Bonchev–Trinajstić information content (AvgIpc) is 2.42. The van der Waals surface area contributed by atoms with Gasteiger partial charge in [0.1, 0.15) is 6.42 Å². The summed E-state index contributed by atoms with van der Waals surface area (Å²) < 4.78 is 1.81.